The minimum Gasteiger partial charge on any atom is -0.346 e. The number of carbonyl (C=O) groups excluding carboxylic acids is 1. The van der Waals surface area contributed by atoms with Gasteiger partial charge in [0.25, 0.3) is 5.91 Å². The van der Waals surface area contributed by atoms with E-state index in [1.807, 2.05) is 32.9 Å². The molecule has 2 nitrogen and oxygen atoms in total. The van der Waals surface area contributed by atoms with Crippen LogP contribution in [0.25, 0.3) is 0 Å². The Bertz CT molecular complexity index is 402. The van der Waals surface area contributed by atoms with Crippen LogP contribution in [0, 0.1) is 6.92 Å². The Kier molecular flexibility index (Phi) is 4.22. The Morgan fingerprint density at radius 2 is 2.06 bits per heavy atom. The van der Waals surface area contributed by atoms with Crippen molar-refractivity contribution in [3.05, 3.63) is 34.3 Å². The van der Waals surface area contributed by atoms with Crippen LogP contribution in [0.2, 0.25) is 5.02 Å². The molecule has 1 amide bonds. The fourth-order valence-corrected chi connectivity index (χ4v) is 1.51. The smallest absolute Gasteiger partial charge is 0.253 e. The quantitative estimate of drug-likeness (QED) is 0.829. The zero-order valence-corrected chi connectivity index (χ0v) is 11.1. The summed E-state index contributed by atoms with van der Waals surface area (Å²) in [4.78, 5) is 11.9. The first-order valence-corrected chi connectivity index (χ1v) is 5.92. The molecule has 0 radical (unpaired) electrons. The molecule has 0 fully saturated rings. The molecule has 1 rings (SSSR count). The predicted octanol–water partition coefficient (Wildman–Crippen LogP) is 3.40. The van der Waals surface area contributed by atoms with Crippen molar-refractivity contribution in [3.8, 4) is 0 Å². The van der Waals surface area contributed by atoms with Crippen LogP contribution >= 0.6 is 23.2 Å². The molecule has 0 aromatic heterocycles. The average Bonchev–Trinajstić information content (AvgIpc) is 2.21. The number of aryl methyl sites for hydroxylation is 1. The first kappa shape index (κ1) is 13.3. The molecule has 0 heterocycles. The molecule has 88 valence electrons. The number of benzene rings is 1. The largest absolute Gasteiger partial charge is 0.346 e. The Morgan fingerprint density at radius 3 is 2.62 bits per heavy atom. The summed E-state index contributed by atoms with van der Waals surface area (Å²) < 4.78 is 0. The summed E-state index contributed by atoms with van der Waals surface area (Å²) >= 11 is 11.8. The highest BCUT2D eigenvalue weighted by Crippen LogP contribution is 2.20. The van der Waals surface area contributed by atoms with E-state index in [9.17, 15) is 4.79 Å². The third kappa shape index (κ3) is 3.13. The van der Waals surface area contributed by atoms with E-state index in [1.165, 1.54) is 0 Å². The van der Waals surface area contributed by atoms with E-state index in [-0.39, 0.29) is 5.91 Å². The summed E-state index contributed by atoms with van der Waals surface area (Å²) in [6.07, 6.45) is 0. The van der Waals surface area contributed by atoms with Crippen LogP contribution in [0.15, 0.2) is 18.2 Å². The Balaban J connectivity index is 2.94. The van der Waals surface area contributed by atoms with E-state index in [2.05, 4.69) is 5.32 Å². The van der Waals surface area contributed by atoms with Crippen molar-refractivity contribution in [1.29, 1.82) is 0 Å². The SMILES string of the molecule is Cc1cccc(C(=O)NC(C)(C)CCl)c1Cl. The molecule has 4 heteroatoms. The predicted molar refractivity (Wildman–Crippen MR) is 68.5 cm³/mol. The van der Waals surface area contributed by atoms with Gasteiger partial charge in [0.1, 0.15) is 0 Å². The van der Waals surface area contributed by atoms with Gasteiger partial charge in [0, 0.05) is 11.4 Å². The molecule has 16 heavy (non-hydrogen) atoms. The van der Waals surface area contributed by atoms with Gasteiger partial charge in [-0.15, -0.1) is 11.6 Å². The third-order valence-electron chi connectivity index (χ3n) is 2.22. The maximum absolute atomic E-state index is 11.9. The number of amides is 1. The van der Waals surface area contributed by atoms with Gasteiger partial charge >= 0.3 is 0 Å². The molecule has 0 bridgehead atoms. The van der Waals surface area contributed by atoms with Crippen molar-refractivity contribution >= 4 is 29.1 Å². The molecule has 0 aliphatic carbocycles. The minimum atomic E-state index is -0.439. The number of nitrogens with one attached hydrogen (secondary N) is 1. The molecule has 0 aliphatic heterocycles. The zero-order chi connectivity index (χ0) is 12.3. The van der Waals surface area contributed by atoms with Gasteiger partial charge in [0.15, 0.2) is 0 Å². The van der Waals surface area contributed by atoms with Crippen molar-refractivity contribution < 1.29 is 4.79 Å². The maximum atomic E-state index is 11.9. The lowest BCUT2D eigenvalue weighted by atomic mass is 10.1. The number of carbonyl (C=O) groups is 1. The highest BCUT2D eigenvalue weighted by molar-refractivity contribution is 6.34. The fraction of sp³-hybridized carbons (Fsp3) is 0.417. The van der Waals surface area contributed by atoms with E-state index >= 15 is 0 Å². The van der Waals surface area contributed by atoms with Gasteiger partial charge in [0.05, 0.1) is 10.6 Å². The summed E-state index contributed by atoms with van der Waals surface area (Å²) in [5.74, 6) is 0.154. The van der Waals surface area contributed by atoms with Crippen LogP contribution in [-0.4, -0.2) is 17.3 Å². The standard InChI is InChI=1S/C12H15Cl2NO/c1-8-5-4-6-9(10(8)14)11(16)15-12(2,3)7-13/h4-6H,7H2,1-3H3,(H,15,16). The monoisotopic (exact) mass is 259 g/mol. The molecule has 1 aromatic rings. The first-order valence-electron chi connectivity index (χ1n) is 5.01. The summed E-state index contributed by atoms with van der Waals surface area (Å²) in [6.45, 7) is 5.59. The molecule has 0 aliphatic rings. The number of alkyl halides is 1. The average molecular weight is 260 g/mol. The second-order valence-corrected chi connectivity index (χ2v) is 5.05. The number of hydrogen-bond donors (Lipinski definition) is 1. The maximum Gasteiger partial charge on any atom is 0.253 e. The van der Waals surface area contributed by atoms with Crippen LogP contribution in [0.4, 0.5) is 0 Å². The molecule has 0 spiro atoms. The van der Waals surface area contributed by atoms with Crippen LogP contribution in [0.1, 0.15) is 29.8 Å². The van der Waals surface area contributed by atoms with Crippen LogP contribution in [0.3, 0.4) is 0 Å². The van der Waals surface area contributed by atoms with Gasteiger partial charge in [-0.05, 0) is 32.4 Å². The lowest BCUT2D eigenvalue weighted by Gasteiger charge is -2.23. The summed E-state index contributed by atoms with van der Waals surface area (Å²) in [5, 5.41) is 3.33. The van der Waals surface area contributed by atoms with E-state index in [1.54, 1.807) is 6.07 Å². The minimum absolute atomic E-state index is 0.195. The summed E-state index contributed by atoms with van der Waals surface area (Å²) in [5.41, 5.74) is 0.934. The molecular formula is C12H15Cl2NO. The van der Waals surface area contributed by atoms with Crippen molar-refractivity contribution in [2.45, 2.75) is 26.3 Å². The van der Waals surface area contributed by atoms with Crippen LogP contribution in [0.5, 0.6) is 0 Å². The van der Waals surface area contributed by atoms with Gasteiger partial charge in [-0.3, -0.25) is 4.79 Å². The lowest BCUT2D eigenvalue weighted by molar-refractivity contribution is 0.0920. The topological polar surface area (TPSA) is 29.1 Å². The van der Waals surface area contributed by atoms with E-state index < -0.39 is 5.54 Å². The van der Waals surface area contributed by atoms with Gasteiger partial charge in [-0.2, -0.15) is 0 Å². The Labute approximate surface area is 106 Å². The van der Waals surface area contributed by atoms with E-state index in [4.69, 9.17) is 23.2 Å². The van der Waals surface area contributed by atoms with Gasteiger partial charge < -0.3 is 5.32 Å². The van der Waals surface area contributed by atoms with E-state index in [0.29, 0.717) is 16.5 Å². The molecule has 1 N–H and O–H groups in total. The van der Waals surface area contributed by atoms with Crippen molar-refractivity contribution in [2.75, 3.05) is 5.88 Å². The second kappa shape index (κ2) is 5.07. The Hall–Kier alpha value is -0.730. The summed E-state index contributed by atoms with van der Waals surface area (Å²) in [6, 6.07) is 5.38. The van der Waals surface area contributed by atoms with Gasteiger partial charge in [-0.1, -0.05) is 23.7 Å². The van der Waals surface area contributed by atoms with Crippen LogP contribution < -0.4 is 5.32 Å². The number of halogens is 2. The number of hydrogen-bond acceptors (Lipinski definition) is 1. The molecule has 0 atom stereocenters. The fourth-order valence-electron chi connectivity index (χ4n) is 1.23. The second-order valence-electron chi connectivity index (χ2n) is 4.41. The molecule has 0 saturated heterocycles. The molecular weight excluding hydrogens is 245 g/mol. The van der Waals surface area contributed by atoms with Crippen molar-refractivity contribution in [3.63, 3.8) is 0 Å². The van der Waals surface area contributed by atoms with Gasteiger partial charge in [0.2, 0.25) is 0 Å². The van der Waals surface area contributed by atoms with Crippen molar-refractivity contribution in [2.24, 2.45) is 0 Å². The molecule has 0 unspecified atom stereocenters. The van der Waals surface area contributed by atoms with Crippen molar-refractivity contribution in [1.82, 2.24) is 5.32 Å². The zero-order valence-electron chi connectivity index (χ0n) is 9.60. The normalized spacial score (nSPS) is 11.3. The highest BCUT2D eigenvalue weighted by Gasteiger charge is 2.21. The lowest BCUT2D eigenvalue weighted by Crippen LogP contribution is -2.45. The number of rotatable bonds is 3. The first-order chi connectivity index (χ1) is 7.37. The van der Waals surface area contributed by atoms with Gasteiger partial charge in [-0.25, -0.2) is 0 Å². The molecule has 1 aromatic carbocycles. The van der Waals surface area contributed by atoms with E-state index in [0.717, 1.165) is 5.56 Å². The summed E-state index contributed by atoms with van der Waals surface area (Å²) in [7, 11) is 0. The highest BCUT2D eigenvalue weighted by atomic mass is 35.5. The third-order valence-corrected chi connectivity index (χ3v) is 3.39. The van der Waals surface area contributed by atoms with Crippen LogP contribution in [-0.2, 0) is 0 Å². The molecule has 0 saturated carbocycles. The Morgan fingerprint density at radius 1 is 1.44 bits per heavy atom.